The Morgan fingerprint density at radius 2 is 1.86 bits per heavy atom. The molecule has 0 amide bonds. The van der Waals surface area contributed by atoms with Crippen LogP contribution in [-0.4, -0.2) is 64.3 Å². The Morgan fingerprint density at radius 1 is 0.976 bits per heavy atom. The summed E-state index contributed by atoms with van der Waals surface area (Å²) in [7, 11) is 3.09. The molecule has 5 aromatic rings. The molecule has 216 valence electrons. The Bertz CT molecular complexity index is 1690. The van der Waals surface area contributed by atoms with Gasteiger partial charge in [-0.15, -0.1) is 0 Å². The maximum Gasteiger partial charge on any atom is 0.337 e. The zero-order valence-electron chi connectivity index (χ0n) is 24.0. The highest BCUT2D eigenvalue weighted by molar-refractivity contribution is 5.93. The predicted molar refractivity (Wildman–Crippen MR) is 161 cm³/mol. The van der Waals surface area contributed by atoms with E-state index < -0.39 is 0 Å². The van der Waals surface area contributed by atoms with E-state index in [9.17, 15) is 4.79 Å². The van der Waals surface area contributed by atoms with Crippen LogP contribution in [0.15, 0.2) is 73.1 Å². The third kappa shape index (κ3) is 6.12. The Morgan fingerprint density at radius 3 is 2.69 bits per heavy atom. The predicted octanol–water partition coefficient (Wildman–Crippen LogP) is 5.37. The van der Waals surface area contributed by atoms with Gasteiger partial charge in [0.25, 0.3) is 0 Å². The monoisotopic (exact) mass is 565 g/mol. The van der Waals surface area contributed by atoms with Crippen LogP contribution in [0.5, 0.6) is 5.88 Å². The van der Waals surface area contributed by atoms with Crippen LogP contribution in [0, 0.1) is 0 Å². The lowest BCUT2D eigenvalue weighted by Crippen LogP contribution is -2.33. The molecule has 9 heteroatoms. The van der Waals surface area contributed by atoms with Gasteiger partial charge < -0.3 is 18.8 Å². The van der Waals surface area contributed by atoms with Gasteiger partial charge in [0.15, 0.2) is 0 Å². The van der Waals surface area contributed by atoms with Crippen LogP contribution < -0.4 is 4.74 Å². The molecule has 1 saturated heterocycles. The summed E-state index contributed by atoms with van der Waals surface area (Å²) in [6, 6.07) is 19.9. The Kier molecular flexibility index (Phi) is 8.39. The highest BCUT2D eigenvalue weighted by Gasteiger charge is 2.24. The number of nitrogens with zero attached hydrogens (tertiary/aromatic N) is 5. The van der Waals surface area contributed by atoms with Gasteiger partial charge in [-0.2, -0.15) is 0 Å². The van der Waals surface area contributed by atoms with E-state index >= 15 is 0 Å². The number of rotatable bonds is 10. The molecular formula is C33H35N5O4. The molecule has 0 saturated carbocycles. The second-order valence-corrected chi connectivity index (χ2v) is 10.7. The molecule has 9 nitrogen and oxygen atoms in total. The van der Waals surface area contributed by atoms with Crippen molar-refractivity contribution in [2.24, 2.45) is 0 Å². The second-order valence-electron chi connectivity index (χ2n) is 10.7. The molecule has 42 heavy (non-hydrogen) atoms. The number of ether oxygens (including phenoxy) is 3. The largest absolute Gasteiger partial charge is 0.473 e. The summed E-state index contributed by atoms with van der Waals surface area (Å²) in [6.07, 6.45) is 5.71. The van der Waals surface area contributed by atoms with Gasteiger partial charge >= 0.3 is 5.97 Å². The third-order valence-corrected chi connectivity index (χ3v) is 7.98. The van der Waals surface area contributed by atoms with Crippen molar-refractivity contribution in [1.29, 1.82) is 0 Å². The van der Waals surface area contributed by atoms with Crippen molar-refractivity contribution in [3.05, 3.63) is 95.7 Å². The number of likely N-dealkylation sites (tertiary alicyclic amines) is 1. The SMILES string of the molecule is COCCn1c(CN2CCC(c3cccc(OCc4ccc5cnccc5c4)n3)CC2)nc2ccc(C(=O)OC)cc21. The molecule has 0 atom stereocenters. The van der Waals surface area contributed by atoms with Crippen LogP contribution in [-0.2, 0) is 29.2 Å². The molecule has 0 bridgehead atoms. The molecule has 0 N–H and O–H groups in total. The number of hydrogen-bond acceptors (Lipinski definition) is 8. The number of carbonyl (C=O) groups excluding carboxylic acids is 1. The number of imidazole rings is 1. The first-order chi connectivity index (χ1) is 20.6. The van der Waals surface area contributed by atoms with Gasteiger partial charge in [0.05, 0.1) is 36.9 Å². The van der Waals surface area contributed by atoms with Crippen molar-refractivity contribution in [3.63, 3.8) is 0 Å². The van der Waals surface area contributed by atoms with Crippen molar-refractivity contribution < 1.29 is 19.0 Å². The summed E-state index contributed by atoms with van der Waals surface area (Å²) >= 11 is 0. The fourth-order valence-corrected chi connectivity index (χ4v) is 5.68. The molecule has 0 spiro atoms. The zero-order valence-corrected chi connectivity index (χ0v) is 24.0. The van der Waals surface area contributed by atoms with Crippen LogP contribution in [0.1, 0.15) is 46.2 Å². The van der Waals surface area contributed by atoms with Crippen LogP contribution in [0.2, 0.25) is 0 Å². The van der Waals surface area contributed by atoms with E-state index in [1.807, 2.05) is 42.7 Å². The molecule has 0 unspecified atom stereocenters. The topological polar surface area (TPSA) is 91.6 Å². The van der Waals surface area contributed by atoms with Crippen molar-refractivity contribution in [2.75, 3.05) is 33.9 Å². The summed E-state index contributed by atoms with van der Waals surface area (Å²) in [5.41, 5.74) is 4.49. The number of carbonyl (C=O) groups is 1. The summed E-state index contributed by atoms with van der Waals surface area (Å²) in [5.74, 6) is 1.66. The molecule has 3 aromatic heterocycles. The minimum Gasteiger partial charge on any atom is -0.473 e. The summed E-state index contributed by atoms with van der Waals surface area (Å²) in [4.78, 5) is 28.5. The van der Waals surface area contributed by atoms with Gasteiger partial charge in [-0.05, 0) is 73.3 Å². The van der Waals surface area contributed by atoms with Crippen LogP contribution in [0.25, 0.3) is 21.8 Å². The van der Waals surface area contributed by atoms with Gasteiger partial charge in [-0.1, -0.05) is 18.2 Å². The maximum atomic E-state index is 12.1. The van der Waals surface area contributed by atoms with Crippen LogP contribution >= 0.6 is 0 Å². The number of benzene rings is 2. The Labute approximate surface area is 245 Å². The zero-order chi connectivity index (χ0) is 28.9. The normalized spacial score (nSPS) is 14.4. The fourth-order valence-electron chi connectivity index (χ4n) is 5.68. The van der Waals surface area contributed by atoms with Gasteiger partial charge in [0.2, 0.25) is 5.88 Å². The smallest absolute Gasteiger partial charge is 0.337 e. The molecule has 2 aromatic carbocycles. The number of aromatic nitrogens is 4. The summed E-state index contributed by atoms with van der Waals surface area (Å²) in [5, 5.41) is 2.27. The van der Waals surface area contributed by atoms with E-state index in [0.29, 0.717) is 37.1 Å². The lowest BCUT2D eigenvalue weighted by molar-refractivity contribution is 0.0601. The quantitative estimate of drug-likeness (QED) is 0.209. The van der Waals surface area contributed by atoms with Crippen molar-refractivity contribution in [2.45, 2.75) is 38.5 Å². The standard InChI is InChI=1S/C33H35N5O4/c1-40-17-16-38-30-19-26(33(39)41-2)8-9-29(30)35-31(38)21-37-14-11-24(12-15-37)28-4-3-5-32(36-28)42-22-23-6-7-27-20-34-13-10-25(27)18-23/h3-10,13,18-20,24H,11-12,14-17,21-22H2,1-2H3. The van der Waals surface area contributed by atoms with E-state index in [-0.39, 0.29) is 5.97 Å². The lowest BCUT2D eigenvalue weighted by atomic mass is 9.93. The average molecular weight is 566 g/mol. The van der Waals surface area contributed by atoms with E-state index in [2.05, 4.69) is 38.7 Å². The van der Waals surface area contributed by atoms with Gasteiger partial charge in [0, 0.05) is 49.1 Å². The number of pyridine rings is 2. The average Bonchev–Trinajstić information content (AvgIpc) is 3.38. The van der Waals surface area contributed by atoms with Crippen molar-refractivity contribution in [3.8, 4) is 5.88 Å². The van der Waals surface area contributed by atoms with E-state index in [4.69, 9.17) is 24.2 Å². The van der Waals surface area contributed by atoms with E-state index in [0.717, 1.165) is 71.4 Å². The summed E-state index contributed by atoms with van der Waals surface area (Å²) < 4.78 is 18.5. The lowest BCUT2D eigenvalue weighted by Gasteiger charge is -2.31. The molecule has 4 heterocycles. The second kappa shape index (κ2) is 12.7. The molecular weight excluding hydrogens is 530 g/mol. The highest BCUT2D eigenvalue weighted by Crippen LogP contribution is 2.29. The number of esters is 1. The Balaban J connectivity index is 1.09. The number of fused-ring (bicyclic) bond motifs is 2. The van der Waals surface area contributed by atoms with Crippen molar-refractivity contribution >= 4 is 27.8 Å². The maximum absolute atomic E-state index is 12.1. The first kappa shape index (κ1) is 27.8. The summed E-state index contributed by atoms with van der Waals surface area (Å²) in [6.45, 7) is 4.33. The number of piperidine rings is 1. The van der Waals surface area contributed by atoms with E-state index in [1.165, 1.54) is 7.11 Å². The minimum absolute atomic E-state index is 0.352. The fraction of sp³-hybridized carbons (Fsp3) is 0.333. The number of hydrogen-bond donors (Lipinski definition) is 0. The first-order valence-corrected chi connectivity index (χ1v) is 14.3. The van der Waals surface area contributed by atoms with Crippen LogP contribution in [0.3, 0.4) is 0 Å². The number of methoxy groups -OCH3 is 2. The van der Waals surface area contributed by atoms with Gasteiger partial charge in [-0.3, -0.25) is 9.88 Å². The highest BCUT2D eigenvalue weighted by atomic mass is 16.5. The molecule has 0 radical (unpaired) electrons. The first-order valence-electron chi connectivity index (χ1n) is 14.3. The van der Waals surface area contributed by atoms with Gasteiger partial charge in [0.1, 0.15) is 12.4 Å². The molecule has 6 rings (SSSR count). The Hall–Kier alpha value is -4.34. The third-order valence-electron chi connectivity index (χ3n) is 7.98. The van der Waals surface area contributed by atoms with Crippen LogP contribution in [0.4, 0.5) is 0 Å². The van der Waals surface area contributed by atoms with E-state index in [1.54, 1.807) is 13.2 Å². The van der Waals surface area contributed by atoms with Gasteiger partial charge in [-0.25, -0.2) is 14.8 Å². The minimum atomic E-state index is -0.352. The molecule has 1 aliphatic rings. The molecule has 1 aliphatic heterocycles. The molecule has 0 aliphatic carbocycles. The van der Waals surface area contributed by atoms with Crippen molar-refractivity contribution in [1.82, 2.24) is 24.4 Å². The molecule has 1 fully saturated rings.